The molecule has 194 valence electrons. The molecule has 3 aliphatic carbocycles. The Morgan fingerprint density at radius 3 is 2.44 bits per heavy atom. The molecule has 2 saturated heterocycles. The van der Waals surface area contributed by atoms with Gasteiger partial charge in [0.15, 0.2) is 0 Å². The molecule has 2 N–H and O–H groups in total. The fourth-order valence-electron chi connectivity index (χ4n) is 8.15. The van der Waals surface area contributed by atoms with Crippen molar-refractivity contribution in [1.29, 1.82) is 0 Å². The first-order valence-electron chi connectivity index (χ1n) is 14.7. The van der Waals surface area contributed by atoms with E-state index >= 15 is 0 Å². The van der Waals surface area contributed by atoms with E-state index in [2.05, 4.69) is 34.3 Å². The van der Waals surface area contributed by atoms with Crippen LogP contribution in [0.5, 0.6) is 0 Å². The van der Waals surface area contributed by atoms with Crippen molar-refractivity contribution in [1.82, 2.24) is 20.4 Å². The lowest BCUT2D eigenvalue weighted by Gasteiger charge is -2.45. The van der Waals surface area contributed by atoms with E-state index in [1.807, 2.05) is 0 Å². The second-order valence-electron chi connectivity index (χ2n) is 12.5. The molecule has 1 amide bonds. The van der Waals surface area contributed by atoms with Crippen molar-refractivity contribution < 1.29 is 9.18 Å². The van der Waals surface area contributed by atoms with Crippen LogP contribution in [0.15, 0.2) is 0 Å². The number of halogens is 1. The Kier molecular flexibility index (Phi) is 8.17. The molecule has 0 bridgehead atoms. The summed E-state index contributed by atoms with van der Waals surface area (Å²) in [7, 11) is 0. The highest BCUT2D eigenvalue weighted by Crippen LogP contribution is 2.39. The molecular formula is C28H49FN4O. The lowest BCUT2D eigenvalue weighted by atomic mass is 9.77. The van der Waals surface area contributed by atoms with Crippen molar-refractivity contribution in [3.63, 3.8) is 0 Å². The van der Waals surface area contributed by atoms with Crippen molar-refractivity contribution >= 4 is 5.91 Å². The summed E-state index contributed by atoms with van der Waals surface area (Å²) in [6.45, 7) is 9.41. The maximum absolute atomic E-state index is 14.5. The minimum absolute atomic E-state index is 0.0194. The van der Waals surface area contributed by atoms with Gasteiger partial charge in [-0.15, -0.1) is 0 Å². The molecule has 2 heterocycles. The summed E-state index contributed by atoms with van der Waals surface area (Å²) in [6, 6.07) is 1.56. The normalized spacial score (nSPS) is 41.7. The number of amides is 1. The number of fused-ring (bicyclic) bond motifs is 1. The number of alkyl halides is 1. The predicted octanol–water partition coefficient (Wildman–Crippen LogP) is 4.11. The Bertz CT molecular complexity index is 659. The first-order chi connectivity index (χ1) is 16.5. The molecule has 34 heavy (non-hydrogen) atoms. The zero-order chi connectivity index (χ0) is 23.7. The molecule has 8 atom stereocenters. The Hall–Kier alpha value is -0.720. The van der Waals surface area contributed by atoms with Gasteiger partial charge >= 0.3 is 0 Å². The maximum atomic E-state index is 14.5. The highest BCUT2D eigenvalue weighted by atomic mass is 19.1. The zero-order valence-electron chi connectivity index (χ0n) is 21.7. The van der Waals surface area contributed by atoms with Crippen molar-refractivity contribution in [3.8, 4) is 0 Å². The molecule has 5 fully saturated rings. The third kappa shape index (κ3) is 5.49. The number of piperazine rings is 1. The number of nitrogens with zero attached hydrogens (tertiary/aromatic N) is 2. The van der Waals surface area contributed by atoms with Crippen LogP contribution < -0.4 is 10.6 Å². The molecule has 5 rings (SSSR count). The highest BCUT2D eigenvalue weighted by Gasteiger charge is 2.46. The second-order valence-corrected chi connectivity index (χ2v) is 12.5. The van der Waals surface area contributed by atoms with Gasteiger partial charge in [-0.3, -0.25) is 14.6 Å². The second kappa shape index (κ2) is 11.1. The minimum atomic E-state index is -0.745. The van der Waals surface area contributed by atoms with Gasteiger partial charge in [-0.1, -0.05) is 26.2 Å². The minimum Gasteiger partial charge on any atom is -0.352 e. The molecule has 5 nitrogen and oxygen atoms in total. The van der Waals surface area contributed by atoms with Crippen molar-refractivity contribution in [3.05, 3.63) is 0 Å². The summed E-state index contributed by atoms with van der Waals surface area (Å²) in [6.07, 6.45) is 13.3. The summed E-state index contributed by atoms with van der Waals surface area (Å²) in [4.78, 5) is 18.6. The molecule has 0 radical (unpaired) electrons. The van der Waals surface area contributed by atoms with Crippen LogP contribution >= 0.6 is 0 Å². The number of carbonyl (C=O) groups is 1. The van der Waals surface area contributed by atoms with Gasteiger partial charge in [-0.2, -0.15) is 0 Å². The molecule has 8 unspecified atom stereocenters. The Morgan fingerprint density at radius 2 is 1.71 bits per heavy atom. The molecule has 0 aromatic carbocycles. The van der Waals surface area contributed by atoms with E-state index in [0.717, 1.165) is 31.2 Å². The summed E-state index contributed by atoms with van der Waals surface area (Å²) in [5.41, 5.74) is 0. The molecule has 6 heteroatoms. The first kappa shape index (κ1) is 25.0. The zero-order valence-corrected chi connectivity index (χ0v) is 21.7. The predicted molar refractivity (Wildman–Crippen MR) is 135 cm³/mol. The monoisotopic (exact) mass is 476 g/mol. The molecule has 5 aliphatic rings. The lowest BCUT2D eigenvalue weighted by molar-refractivity contribution is -0.124. The molecule has 2 aliphatic heterocycles. The van der Waals surface area contributed by atoms with Gasteiger partial charge in [0.1, 0.15) is 6.17 Å². The standard InChI is InChI=1S/C28H49FN4O/c1-19-11-12-25(29)24-18-26(31-27(19)24)28(34)30-22-9-6-10-23(17-22)33-15-13-32(14-16-33)20(2)21-7-4-3-5-8-21/h19-27,31H,3-18H2,1-2H3,(H,30,34). The highest BCUT2D eigenvalue weighted by molar-refractivity contribution is 5.82. The number of hydrogen-bond donors (Lipinski definition) is 2. The number of rotatable bonds is 5. The lowest BCUT2D eigenvalue weighted by Crippen LogP contribution is -2.56. The van der Waals surface area contributed by atoms with Crippen LogP contribution in [0.3, 0.4) is 0 Å². The van der Waals surface area contributed by atoms with Crippen LogP contribution in [0.2, 0.25) is 0 Å². The summed E-state index contributed by atoms with van der Waals surface area (Å²) < 4.78 is 14.5. The van der Waals surface area contributed by atoms with Crippen LogP contribution in [-0.4, -0.2) is 78.3 Å². The quantitative estimate of drug-likeness (QED) is 0.627. The van der Waals surface area contributed by atoms with E-state index in [1.54, 1.807) is 0 Å². The average Bonchev–Trinajstić information content (AvgIpc) is 3.34. The average molecular weight is 477 g/mol. The number of carbonyl (C=O) groups excluding carboxylic acids is 1. The molecular weight excluding hydrogens is 427 g/mol. The first-order valence-corrected chi connectivity index (χ1v) is 14.7. The van der Waals surface area contributed by atoms with E-state index in [-0.39, 0.29) is 30.0 Å². The topological polar surface area (TPSA) is 47.6 Å². The van der Waals surface area contributed by atoms with Crippen LogP contribution in [0.1, 0.15) is 90.9 Å². The largest absolute Gasteiger partial charge is 0.352 e. The molecule has 3 saturated carbocycles. The van der Waals surface area contributed by atoms with E-state index in [1.165, 1.54) is 71.1 Å². The Balaban J connectivity index is 1.08. The Morgan fingerprint density at radius 1 is 0.941 bits per heavy atom. The van der Waals surface area contributed by atoms with Crippen molar-refractivity contribution in [2.24, 2.45) is 17.8 Å². The summed E-state index contributed by atoms with van der Waals surface area (Å²) in [5.74, 6) is 1.50. The smallest absolute Gasteiger partial charge is 0.237 e. The van der Waals surface area contributed by atoms with E-state index in [0.29, 0.717) is 24.8 Å². The van der Waals surface area contributed by atoms with Crippen molar-refractivity contribution in [2.45, 2.75) is 127 Å². The fourth-order valence-corrected chi connectivity index (χ4v) is 8.15. The maximum Gasteiger partial charge on any atom is 0.237 e. The summed E-state index contributed by atoms with van der Waals surface area (Å²) >= 11 is 0. The van der Waals surface area contributed by atoms with Gasteiger partial charge in [0.05, 0.1) is 6.04 Å². The van der Waals surface area contributed by atoms with Crippen LogP contribution in [-0.2, 0) is 4.79 Å². The molecule has 0 aromatic rings. The SMILES string of the molecule is CC1CCC(F)C2CC(C(=O)NC3CCCC(N4CCN(C(C)C5CCCCC5)CC4)C3)NC12. The van der Waals surface area contributed by atoms with E-state index in [9.17, 15) is 9.18 Å². The third-order valence-corrected chi connectivity index (χ3v) is 10.4. The van der Waals surface area contributed by atoms with Crippen molar-refractivity contribution in [2.75, 3.05) is 26.2 Å². The van der Waals surface area contributed by atoms with E-state index in [4.69, 9.17) is 0 Å². The van der Waals surface area contributed by atoms with Gasteiger partial charge in [0.2, 0.25) is 5.91 Å². The number of hydrogen-bond acceptors (Lipinski definition) is 4. The molecule has 0 spiro atoms. The van der Waals surface area contributed by atoms with E-state index < -0.39 is 6.17 Å². The third-order valence-electron chi connectivity index (χ3n) is 10.4. The molecule has 0 aromatic heterocycles. The van der Waals surface area contributed by atoms with Gasteiger partial charge in [-0.25, -0.2) is 4.39 Å². The number of nitrogens with one attached hydrogen (secondary N) is 2. The fraction of sp³-hybridized carbons (Fsp3) is 0.964. The van der Waals surface area contributed by atoms with Crippen LogP contribution in [0.4, 0.5) is 4.39 Å². The van der Waals surface area contributed by atoms with Crippen LogP contribution in [0, 0.1) is 17.8 Å². The van der Waals surface area contributed by atoms with Crippen LogP contribution in [0.25, 0.3) is 0 Å². The summed E-state index contributed by atoms with van der Waals surface area (Å²) in [5, 5.41) is 6.89. The van der Waals surface area contributed by atoms with Gasteiger partial charge in [0, 0.05) is 56.3 Å². The van der Waals surface area contributed by atoms with Gasteiger partial charge < -0.3 is 10.6 Å². The van der Waals surface area contributed by atoms with Gasteiger partial charge in [-0.05, 0) is 76.5 Å². The Labute approximate surface area is 207 Å². The van der Waals surface area contributed by atoms with Gasteiger partial charge in [0.25, 0.3) is 0 Å².